The second kappa shape index (κ2) is 8.17. The smallest absolute Gasteiger partial charge is 0.254 e. The second-order valence-electron chi connectivity index (χ2n) is 5.02. The molecule has 0 saturated carbocycles. The summed E-state index contributed by atoms with van der Waals surface area (Å²) in [6.07, 6.45) is 6.26. The third-order valence-corrected chi connectivity index (χ3v) is 3.39. The van der Waals surface area contributed by atoms with Crippen molar-refractivity contribution < 1.29 is 9.18 Å². The molecule has 0 saturated heterocycles. The van der Waals surface area contributed by atoms with Gasteiger partial charge in [0, 0.05) is 26.2 Å². The van der Waals surface area contributed by atoms with Crippen LogP contribution in [0.4, 0.5) is 4.39 Å². The minimum Gasteiger partial charge on any atom is -0.355 e. The molecule has 0 heterocycles. The Morgan fingerprint density at radius 2 is 1.91 bits per heavy atom. The number of carbonyl (C=O) groups excluding carboxylic acids is 1. The Kier molecular flexibility index (Phi) is 5.94. The lowest BCUT2D eigenvalue weighted by molar-refractivity contribution is 0.0950. The highest BCUT2D eigenvalue weighted by atomic mass is 19.1. The number of halogens is 1. The van der Waals surface area contributed by atoms with E-state index in [2.05, 4.69) is 33.1 Å². The predicted octanol–water partition coefficient (Wildman–Crippen LogP) is 1.44. The van der Waals surface area contributed by atoms with E-state index in [0.29, 0.717) is 25.1 Å². The molecule has 3 N–H and O–H groups in total. The van der Waals surface area contributed by atoms with Gasteiger partial charge in [-0.05, 0) is 25.0 Å². The molecular formula is C16H21FN4O. The van der Waals surface area contributed by atoms with Gasteiger partial charge in [0.25, 0.3) is 5.91 Å². The molecule has 0 aromatic heterocycles. The summed E-state index contributed by atoms with van der Waals surface area (Å²) in [5.41, 5.74) is 0.0574. The number of nitrogens with one attached hydrogen (secondary N) is 3. The van der Waals surface area contributed by atoms with Gasteiger partial charge in [0.2, 0.25) is 0 Å². The number of nitrogens with zero attached hydrogens (tertiary/aromatic N) is 1. The van der Waals surface area contributed by atoms with E-state index in [1.807, 2.05) is 0 Å². The van der Waals surface area contributed by atoms with E-state index in [1.165, 1.54) is 12.1 Å². The summed E-state index contributed by atoms with van der Waals surface area (Å²) >= 11 is 0. The first-order chi connectivity index (χ1) is 10.7. The van der Waals surface area contributed by atoms with E-state index in [1.54, 1.807) is 19.2 Å². The van der Waals surface area contributed by atoms with Crippen LogP contribution >= 0.6 is 0 Å². The van der Waals surface area contributed by atoms with E-state index in [4.69, 9.17) is 0 Å². The molecular weight excluding hydrogens is 283 g/mol. The molecule has 1 aliphatic rings. The Bertz CT molecular complexity index is 563. The maximum Gasteiger partial charge on any atom is 0.254 e. The molecule has 1 amide bonds. The Morgan fingerprint density at radius 1 is 1.23 bits per heavy atom. The SMILES string of the molecule is CN=C(NCCNC(=O)c1ccccc1F)NC1CC=CC1. The van der Waals surface area contributed by atoms with Gasteiger partial charge in [-0.1, -0.05) is 24.3 Å². The Labute approximate surface area is 129 Å². The van der Waals surface area contributed by atoms with Crippen LogP contribution in [0.5, 0.6) is 0 Å². The van der Waals surface area contributed by atoms with Crippen molar-refractivity contribution in [3.63, 3.8) is 0 Å². The summed E-state index contributed by atoms with van der Waals surface area (Å²) in [5.74, 6) is -0.226. The van der Waals surface area contributed by atoms with Gasteiger partial charge in [0.15, 0.2) is 5.96 Å². The van der Waals surface area contributed by atoms with Gasteiger partial charge in [0.05, 0.1) is 5.56 Å². The molecule has 0 fully saturated rings. The number of rotatable bonds is 5. The van der Waals surface area contributed by atoms with Gasteiger partial charge in [-0.2, -0.15) is 0 Å². The van der Waals surface area contributed by atoms with Crippen LogP contribution in [0.3, 0.4) is 0 Å². The lowest BCUT2D eigenvalue weighted by Crippen LogP contribution is -2.45. The van der Waals surface area contributed by atoms with Crippen LogP contribution in [0.15, 0.2) is 41.4 Å². The average molecular weight is 304 g/mol. The van der Waals surface area contributed by atoms with Crippen LogP contribution in [0.2, 0.25) is 0 Å². The van der Waals surface area contributed by atoms with Crippen molar-refractivity contribution in [3.05, 3.63) is 47.8 Å². The molecule has 1 aromatic carbocycles. The molecule has 118 valence electrons. The molecule has 0 aliphatic heterocycles. The summed E-state index contributed by atoms with van der Waals surface area (Å²) in [4.78, 5) is 16.0. The molecule has 6 heteroatoms. The number of carbonyl (C=O) groups is 1. The lowest BCUT2D eigenvalue weighted by atomic mass is 10.2. The molecule has 0 atom stereocenters. The third kappa shape index (κ3) is 4.58. The molecule has 0 spiro atoms. The second-order valence-corrected chi connectivity index (χ2v) is 5.02. The first-order valence-corrected chi connectivity index (χ1v) is 7.35. The largest absolute Gasteiger partial charge is 0.355 e. The molecule has 0 radical (unpaired) electrons. The quantitative estimate of drug-likeness (QED) is 0.334. The standard InChI is InChI=1S/C16H21FN4O/c1-18-16(21-12-6-2-3-7-12)20-11-10-19-15(22)13-8-4-5-9-14(13)17/h2-5,8-9,12H,6-7,10-11H2,1H3,(H,19,22)(H2,18,20,21). The van der Waals surface area contributed by atoms with E-state index in [9.17, 15) is 9.18 Å². The van der Waals surface area contributed by atoms with Gasteiger partial charge in [0.1, 0.15) is 5.82 Å². The van der Waals surface area contributed by atoms with Crippen LogP contribution in [0.1, 0.15) is 23.2 Å². The zero-order valence-corrected chi connectivity index (χ0v) is 12.6. The summed E-state index contributed by atoms with van der Waals surface area (Å²) in [5, 5.41) is 9.09. The first kappa shape index (κ1) is 16.0. The molecule has 22 heavy (non-hydrogen) atoms. The fourth-order valence-electron chi connectivity index (χ4n) is 2.22. The number of guanidine groups is 1. The van der Waals surface area contributed by atoms with Crippen molar-refractivity contribution in [2.24, 2.45) is 4.99 Å². The molecule has 1 aliphatic carbocycles. The maximum atomic E-state index is 13.4. The summed E-state index contributed by atoms with van der Waals surface area (Å²) < 4.78 is 13.4. The molecule has 1 aromatic rings. The van der Waals surface area contributed by atoms with E-state index in [-0.39, 0.29) is 5.56 Å². The van der Waals surface area contributed by atoms with Crippen LogP contribution < -0.4 is 16.0 Å². The Hall–Kier alpha value is -2.37. The minimum absolute atomic E-state index is 0.0574. The van der Waals surface area contributed by atoms with Gasteiger partial charge in [-0.15, -0.1) is 0 Å². The predicted molar refractivity (Wildman–Crippen MR) is 85.4 cm³/mol. The zero-order chi connectivity index (χ0) is 15.8. The highest BCUT2D eigenvalue weighted by Gasteiger charge is 2.12. The van der Waals surface area contributed by atoms with Crippen molar-refractivity contribution >= 4 is 11.9 Å². The number of benzene rings is 1. The molecule has 0 unspecified atom stereocenters. The van der Waals surface area contributed by atoms with Crippen molar-refractivity contribution in [3.8, 4) is 0 Å². The topological polar surface area (TPSA) is 65.5 Å². The summed E-state index contributed by atoms with van der Waals surface area (Å²) in [7, 11) is 1.70. The summed E-state index contributed by atoms with van der Waals surface area (Å²) in [6.45, 7) is 0.900. The van der Waals surface area contributed by atoms with Gasteiger partial charge >= 0.3 is 0 Å². The monoisotopic (exact) mass is 304 g/mol. The van der Waals surface area contributed by atoms with Crippen LogP contribution in [-0.4, -0.2) is 38.0 Å². The number of hydrogen-bond donors (Lipinski definition) is 3. The third-order valence-electron chi connectivity index (χ3n) is 3.39. The minimum atomic E-state index is -0.515. The van der Waals surface area contributed by atoms with Gasteiger partial charge in [-0.3, -0.25) is 9.79 Å². The van der Waals surface area contributed by atoms with Crippen LogP contribution in [0, 0.1) is 5.82 Å². The van der Waals surface area contributed by atoms with Crippen molar-refractivity contribution in [2.45, 2.75) is 18.9 Å². The van der Waals surface area contributed by atoms with Gasteiger partial charge in [-0.25, -0.2) is 4.39 Å². The van der Waals surface area contributed by atoms with E-state index >= 15 is 0 Å². The molecule has 5 nitrogen and oxygen atoms in total. The highest BCUT2D eigenvalue weighted by Crippen LogP contribution is 2.08. The van der Waals surface area contributed by atoms with Crippen molar-refractivity contribution in [1.82, 2.24) is 16.0 Å². The van der Waals surface area contributed by atoms with Crippen LogP contribution in [-0.2, 0) is 0 Å². The number of aliphatic imine (C=N–C) groups is 1. The zero-order valence-electron chi connectivity index (χ0n) is 12.6. The first-order valence-electron chi connectivity index (χ1n) is 7.35. The fraction of sp³-hybridized carbons (Fsp3) is 0.375. The van der Waals surface area contributed by atoms with E-state index in [0.717, 1.165) is 12.8 Å². The average Bonchev–Trinajstić information content (AvgIpc) is 3.03. The lowest BCUT2D eigenvalue weighted by Gasteiger charge is -2.17. The molecule has 2 rings (SSSR count). The maximum absolute atomic E-state index is 13.4. The van der Waals surface area contributed by atoms with Crippen molar-refractivity contribution in [2.75, 3.05) is 20.1 Å². The Morgan fingerprint density at radius 3 is 2.59 bits per heavy atom. The number of amides is 1. The van der Waals surface area contributed by atoms with Crippen molar-refractivity contribution in [1.29, 1.82) is 0 Å². The number of hydrogen-bond acceptors (Lipinski definition) is 2. The highest BCUT2D eigenvalue weighted by molar-refractivity contribution is 5.94. The normalized spacial score (nSPS) is 14.9. The van der Waals surface area contributed by atoms with Crippen LogP contribution in [0.25, 0.3) is 0 Å². The summed E-state index contributed by atoms with van der Waals surface area (Å²) in [6, 6.07) is 6.30. The Balaban J connectivity index is 1.69. The molecule has 0 bridgehead atoms. The fourth-order valence-corrected chi connectivity index (χ4v) is 2.22. The van der Waals surface area contributed by atoms with Gasteiger partial charge < -0.3 is 16.0 Å². The van der Waals surface area contributed by atoms with E-state index < -0.39 is 11.7 Å².